The maximum atomic E-state index is 12.6. The smallest absolute Gasteiger partial charge is 0.399 e. The molecule has 1 aromatic rings. The molecule has 0 saturated heterocycles. The molecule has 2 N–H and O–H groups in total. The third kappa shape index (κ3) is 3.34. The maximum Gasteiger partial charge on any atom is 0.417 e. The Morgan fingerprint density at radius 2 is 2.00 bits per heavy atom. The zero-order valence-electron chi connectivity index (χ0n) is 8.27. The number of nitrogen functional groups attached to an aromatic ring is 1. The topological polar surface area (TPSA) is 26.0 Å². The molecule has 1 nitrogen and oxygen atoms in total. The van der Waals surface area contributed by atoms with E-state index in [-0.39, 0.29) is 10.6 Å². The van der Waals surface area contributed by atoms with Gasteiger partial charge in [0, 0.05) is 10.6 Å². The number of alkyl halides is 3. The van der Waals surface area contributed by atoms with Gasteiger partial charge >= 0.3 is 6.18 Å². The van der Waals surface area contributed by atoms with Gasteiger partial charge < -0.3 is 5.73 Å². The Morgan fingerprint density at radius 3 is 2.53 bits per heavy atom. The molecule has 0 bridgehead atoms. The minimum atomic E-state index is -4.33. The van der Waals surface area contributed by atoms with Crippen LogP contribution in [0.4, 0.5) is 18.9 Å². The predicted molar refractivity (Wildman–Crippen MR) is 56.9 cm³/mol. The number of nitrogens with two attached hydrogens (primary N) is 1. The lowest BCUT2D eigenvalue weighted by atomic mass is 10.2. The number of hydrogen-bond acceptors (Lipinski definition) is 2. The normalized spacial score (nSPS) is 11.7. The molecule has 84 valence electrons. The van der Waals surface area contributed by atoms with E-state index in [1.807, 2.05) is 6.92 Å². The molecule has 0 amide bonds. The van der Waals surface area contributed by atoms with Gasteiger partial charge in [0.15, 0.2) is 0 Å². The maximum absolute atomic E-state index is 12.6. The van der Waals surface area contributed by atoms with Crippen LogP contribution in [-0.2, 0) is 6.18 Å². The van der Waals surface area contributed by atoms with Crippen molar-refractivity contribution in [3.05, 3.63) is 23.8 Å². The molecular weight excluding hydrogens is 223 g/mol. The molecule has 0 saturated carbocycles. The second kappa shape index (κ2) is 4.79. The quantitative estimate of drug-likeness (QED) is 0.637. The lowest BCUT2D eigenvalue weighted by molar-refractivity contribution is -0.139. The number of benzene rings is 1. The molecule has 0 aliphatic rings. The van der Waals surface area contributed by atoms with Crippen LogP contribution in [0.5, 0.6) is 0 Å². The van der Waals surface area contributed by atoms with E-state index in [9.17, 15) is 13.2 Å². The van der Waals surface area contributed by atoms with Crippen molar-refractivity contribution < 1.29 is 13.2 Å². The highest BCUT2D eigenvalue weighted by Crippen LogP contribution is 2.37. The molecule has 0 atom stereocenters. The number of hydrogen-bond donors (Lipinski definition) is 1. The molecule has 0 aliphatic carbocycles. The van der Waals surface area contributed by atoms with Crippen LogP contribution in [0.15, 0.2) is 23.1 Å². The molecule has 1 rings (SSSR count). The van der Waals surface area contributed by atoms with Crippen LogP contribution in [0, 0.1) is 0 Å². The van der Waals surface area contributed by atoms with E-state index in [1.165, 1.54) is 23.9 Å². The van der Waals surface area contributed by atoms with Crippen LogP contribution in [0.25, 0.3) is 0 Å². The summed E-state index contributed by atoms with van der Waals surface area (Å²) < 4.78 is 37.8. The van der Waals surface area contributed by atoms with E-state index in [1.54, 1.807) is 0 Å². The molecule has 0 spiro atoms. The molecule has 1 aromatic carbocycles. The van der Waals surface area contributed by atoms with Gasteiger partial charge in [0.2, 0.25) is 0 Å². The summed E-state index contributed by atoms with van der Waals surface area (Å²) in [5, 5.41) is 0. The summed E-state index contributed by atoms with van der Waals surface area (Å²) in [7, 11) is 0. The summed E-state index contributed by atoms with van der Waals surface area (Å²) in [5.41, 5.74) is 4.85. The minimum Gasteiger partial charge on any atom is -0.399 e. The highest BCUT2D eigenvalue weighted by atomic mass is 32.2. The monoisotopic (exact) mass is 235 g/mol. The number of halogens is 3. The summed E-state index contributed by atoms with van der Waals surface area (Å²) in [4.78, 5) is 0.249. The van der Waals surface area contributed by atoms with E-state index in [0.29, 0.717) is 5.75 Å². The number of thioether (sulfide) groups is 1. The van der Waals surface area contributed by atoms with Crippen LogP contribution >= 0.6 is 11.8 Å². The van der Waals surface area contributed by atoms with Gasteiger partial charge in [0.05, 0.1) is 5.56 Å². The molecule has 0 aromatic heterocycles. The Balaban J connectivity index is 3.04. The van der Waals surface area contributed by atoms with E-state index in [0.717, 1.165) is 12.5 Å². The van der Waals surface area contributed by atoms with Crippen molar-refractivity contribution in [2.75, 3.05) is 11.5 Å². The van der Waals surface area contributed by atoms with Crippen molar-refractivity contribution in [1.82, 2.24) is 0 Å². The standard InChI is InChI=1S/C10H12F3NS/c1-2-5-15-9-4-3-7(14)6-8(9)10(11,12)13/h3-4,6H,2,5,14H2,1H3. The van der Waals surface area contributed by atoms with E-state index in [4.69, 9.17) is 5.73 Å². The summed E-state index contributed by atoms with van der Waals surface area (Å²) >= 11 is 1.21. The largest absolute Gasteiger partial charge is 0.417 e. The van der Waals surface area contributed by atoms with Crippen LogP contribution in [0.2, 0.25) is 0 Å². The zero-order chi connectivity index (χ0) is 11.5. The molecule has 0 unspecified atom stereocenters. The lowest BCUT2D eigenvalue weighted by Gasteiger charge is -2.12. The van der Waals surface area contributed by atoms with Gasteiger partial charge in [0.25, 0.3) is 0 Å². The average Bonchev–Trinajstić information content (AvgIpc) is 2.14. The molecule has 0 fully saturated rings. The van der Waals surface area contributed by atoms with E-state index >= 15 is 0 Å². The molecular formula is C10H12F3NS. The molecule has 0 aliphatic heterocycles. The average molecular weight is 235 g/mol. The van der Waals surface area contributed by atoms with Gasteiger partial charge in [-0.3, -0.25) is 0 Å². The second-order valence-electron chi connectivity index (χ2n) is 3.10. The van der Waals surface area contributed by atoms with Gasteiger partial charge in [-0.2, -0.15) is 13.2 Å². The highest BCUT2D eigenvalue weighted by Gasteiger charge is 2.33. The third-order valence-electron chi connectivity index (χ3n) is 1.77. The first-order valence-corrected chi connectivity index (χ1v) is 5.53. The fraction of sp³-hybridized carbons (Fsp3) is 0.400. The van der Waals surface area contributed by atoms with Crippen molar-refractivity contribution in [1.29, 1.82) is 0 Å². The van der Waals surface area contributed by atoms with Crippen LogP contribution in [0.3, 0.4) is 0 Å². The summed E-state index contributed by atoms with van der Waals surface area (Å²) in [6, 6.07) is 3.91. The van der Waals surface area contributed by atoms with E-state index in [2.05, 4.69) is 0 Å². The molecule has 15 heavy (non-hydrogen) atoms. The van der Waals surface area contributed by atoms with Crippen LogP contribution in [0.1, 0.15) is 18.9 Å². The van der Waals surface area contributed by atoms with Crippen molar-refractivity contribution >= 4 is 17.4 Å². The number of anilines is 1. The summed E-state index contributed by atoms with van der Waals surface area (Å²) in [6.45, 7) is 1.93. The minimum absolute atomic E-state index is 0.142. The lowest BCUT2D eigenvalue weighted by Crippen LogP contribution is -2.07. The molecule has 0 heterocycles. The van der Waals surface area contributed by atoms with E-state index < -0.39 is 11.7 Å². The Labute approximate surface area is 90.9 Å². The summed E-state index contributed by atoms with van der Waals surface area (Å²) in [5.74, 6) is 0.674. The van der Waals surface area contributed by atoms with Gasteiger partial charge in [-0.1, -0.05) is 6.92 Å². The van der Waals surface area contributed by atoms with Crippen molar-refractivity contribution in [2.45, 2.75) is 24.4 Å². The van der Waals surface area contributed by atoms with Gasteiger partial charge in [0.1, 0.15) is 0 Å². The van der Waals surface area contributed by atoms with Crippen LogP contribution < -0.4 is 5.73 Å². The molecule has 0 radical (unpaired) electrons. The first-order valence-electron chi connectivity index (χ1n) is 4.54. The predicted octanol–water partition coefficient (Wildman–Crippen LogP) is 3.79. The SMILES string of the molecule is CCCSc1ccc(N)cc1C(F)(F)F. The highest BCUT2D eigenvalue weighted by molar-refractivity contribution is 7.99. The fourth-order valence-electron chi connectivity index (χ4n) is 1.11. The first-order chi connectivity index (χ1) is 6.95. The third-order valence-corrected chi connectivity index (χ3v) is 3.05. The molecule has 5 heteroatoms. The van der Waals surface area contributed by atoms with Crippen molar-refractivity contribution in [2.24, 2.45) is 0 Å². The Morgan fingerprint density at radius 1 is 1.33 bits per heavy atom. The Bertz CT molecular complexity index is 336. The second-order valence-corrected chi connectivity index (χ2v) is 4.24. The summed E-state index contributed by atoms with van der Waals surface area (Å²) in [6.07, 6.45) is -3.49. The van der Waals surface area contributed by atoms with Crippen LogP contribution in [-0.4, -0.2) is 5.75 Å². The van der Waals surface area contributed by atoms with Gasteiger partial charge in [-0.15, -0.1) is 11.8 Å². The Hall–Kier alpha value is -0.840. The number of rotatable bonds is 3. The van der Waals surface area contributed by atoms with Gasteiger partial charge in [-0.25, -0.2) is 0 Å². The first kappa shape index (κ1) is 12.2. The fourth-order valence-corrected chi connectivity index (χ4v) is 2.03. The van der Waals surface area contributed by atoms with Crippen molar-refractivity contribution in [3.63, 3.8) is 0 Å². The van der Waals surface area contributed by atoms with Gasteiger partial charge in [-0.05, 0) is 30.4 Å². The zero-order valence-corrected chi connectivity index (χ0v) is 9.08. The Kier molecular flexibility index (Phi) is 3.90. The van der Waals surface area contributed by atoms with Crippen molar-refractivity contribution in [3.8, 4) is 0 Å².